The highest BCUT2D eigenvalue weighted by Crippen LogP contribution is 2.34. The highest BCUT2D eigenvalue weighted by Gasteiger charge is 2.33. The lowest BCUT2D eigenvalue weighted by atomic mass is 9.79. The number of hydrogen-bond donors (Lipinski definition) is 3. The highest BCUT2D eigenvalue weighted by atomic mass is 16.3. The summed E-state index contributed by atoms with van der Waals surface area (Å²) in [5.41, 5.74) is 3.83. The number of nitrogens with zero attached hydrogens (tertiary/aromatic N) is 1. The molecule has 1 heterocycles. The maximum absolute atomic E-state index is 11.1. The van der Waals surface area contributed by atoms with E-state index in [0.717, 1.165) is 35.7 Å². The topological polar surface area (TPSA) is 60.9 Å². The summed E-state index contributed by atoms with van der Waals surface area (Å²) in [7, 11) is 0. The molecule has 4 rings (SSSR count). The quantitative estimate of drug-likeness (QED) is 0.694. The van der Waals surface area contributed by atoms with Gasteiger partial charge in [-0.05, 0) is 36.0 Å². The lowest BCUT2D eigenvalue weighted by Gasteiger charge is -2.34. The van der Waals surface area contributed by atoms with Crippen LogP contribution in [0.4, 0.5) is 0 Å². The summed E-state index contributed by atoms with van der Waals surface area (Å²) in [4.78, 5) is 0. The zero-order valence-corrected chi connectivity index (χ0v) is 13.0. The van der Waals surface area contributed by atoms with Gasteiger partial charge in [-0.25, -0.2) is 0 Å². The van der Waals surface area contributed by atoms with Gasteiger partial charge in [-0.15, -0.1) is 0 Å². The van der Waals surface area contributed by atoms with Gasteiger partial charge in [0.05, 0.1) is 11.7 Å². The van der Waals surface area contributed by atoms with Gasteiger partial charge >= 0.3 is 0 Å². The van der Waals surface area contributed by atoms with Crippen molar-refractivity contribution in [2.75, 3.05) is 6.54 Å². The molecule has 1 aromatic heterocycles. The van der Waals surface area contributed by atoms with Crippen molar-refractivity contribution in [3.05, 3.63) is 65.4 Å². The molecule has 0 amide bonds. The number of H-pyrrole nitrogens is 1. The summed E-state index contributed by atoms with van der Waals surface area (Å²) in [5, 5.41) is 22.8. The van der Waals surface area contributed by atoms with E-state index in [1.165, 1.54) is 11.1 Å². The van der Waals surface area contributed by atoms with Crippen LogP contribution in [0.3, 0.4) is 0 Å². The summed E-state index contributed by atoms with van der Waals surface area (Å²) in [6.07, 6.45) is 4.74. The summed E-state index contributed by atoms with van der Waals surface area (Å²) in [5.74, 6) is 0. The second-order valence-corrected chi connectivity index (χ2v) is 6.40. The summed E-state index contributed by atoms with van der Waals surface area (Å²) in [6, 6.07) is 14.4. The van der Waals surface area contributed by atoms with Gasteiger partial charge in [0.2, 0.25) is 0 Å². The Hall–Kier alpha value is -2.17. The predicted octanol–water partition coefficient (Wildman–Crippen LogP) is 2.88. The molecule has 4 nitrogen and oxygen atoms in total. The monoisotopic (exact) mass is 307 g/mol. The molecule has 0 saturated heterocycles. The Balaban J connectivity index is 1.50. The first-order chi connectivity index (χ1) is 11.3. The van der Waals surface area contributed by atoms with Gasteiger partial charge in [0.15, 0.2) is 0 Å². The molecular weight excluding hydrogens is 286 g/mol. The Morgan fingerprint density at radius 2 is 2.09 bits per heavy atom. The molecule has 1 aliphatic rings. The van der Waals surface area contributed by atoms with Gasteiger partial charge in [0.1, 0.15) is 5.60 Å². The van der Waals surface area contributed by atoms with E-state index in [9.17, 15) is 5.11 Å². The number of aromatic nitrogens is 2. The Morgan fingerprint density at radius 1 is 1.17 bits per heavy atom. The zero-order chi connectivity index (χ0) is 15.7. The number of fused-ring (bicyclic) bond motifs is 2. The lowest BCUT2D eigenvalue weighted by Crippen LogP contribution is -2.40. The number of para-hydroxylation sites is 1. The lowest BCUT2D eigenvalue weighted by molar-refractivity contribution is 0.0190. The van der Waals surface area contributed by atoms with Crippen molar-refractivity contribution in [3.63, 3.8) is 0 Å². The first-order valence-electron chi connectivity index (χ1n) is 8.19. The zero-order valence-electron chi connectivity index (χ0n) is 13.0. The predicted molar refractivity (Wildman–Crippen MR) is 91.1 cm³/mol. The second kappa shape index (κ2) is 5.80. The molecule has 3 N–H and O–H groups in total. The van der Waals surface area contributed by atoms with Crippen LogP contribution in [0.2, 0.25) is 0 Å². The van der Waals surface area contributed by atoms with Gasteiger partial charge in [0, 0.05) is 18.5 Å². The third-order valence-electron chi connectivity index (χ3n) is 4.85. The van der Waals surface area contributed by atoms with Crippen molar-refractivity contribution in [3.8, 4) is 0 Å². The fourth-order valence-corrected chi connectivity index (χ4v) is 3.66. The Morgan fingerprint density at radius 3 is 3.04 bits per heavy atom. The molecule has 3 aromatic rings. The van der Waals surface area contributed by atoms with E-state index in [2.05, 4.69) is 39.8 Å². The van der Waals surface area contributed by atoms with Crippen LogP contribution in [0.15, 0.2) is 48.7 Å². The molecule has 118 valence electrons. The van der Waals surface area contributed by atoms with E-state index in [-0.39, 0.29) is 0 Å². The number of rotatable bonds is 4. The van der Waals surface area contributed by atoms with Crippen LogP contribution in [-0.2, 0) is 18.6 Å². The van der Waals surface area contributed by atoms with Gasteiger partial charge < -0.3 is 10.4 Å². The molecule has 0 radical (unpaired) electrons. The maximum Gasteiger partial charge on any atom is 0.102 e. The third kappa shape index (κ3) is 2.64. The first-order valence-corrected chi connectivity index (χ1v) is 8.19. The van der Waals surface area contributed by atoms with Crippen molar-refractivity contribution in [1.82, 2.24) is 15.5 Å². The molecule has 4 heteroatoms. The van der Waals surface area contributed by atoms with Gasteiger partial charge in [-0.2, -0.15) is 5.10 Å². The van der Waals surface area contributed by atoms with Crippen LogP contribution < -0.4 is 5.32 Å². The largest absolute Gasteiger partial charge is 0.384 e. The van der Waals surface area contributed by atoms with Crippen LogP contribution in [0.25, 0.3) is 10.9 Å². The molecule has 23 heavy (non-hydrogen) atoms. The molecule has 1 atom stereocenters. The molecule has 0 aliphatic heterocycles. The van der Waals surface area contributed by atoms with Crippen LogP contribution in [0.1, 0.15) is 29.5 Å². The number of nitrogens with one attached hydrogen (secondary N) is 2. The number of hydrogen-bond acceptors (Lipinski definition) is 3. The summed E-state index contributed by atoms with van der Waals surface area (Å²) >= 11 is 0. The van der Waals surface area contributed by atoms with E-state index < -0.39 is 5.60 Å². The minimum absolute atomic E-state index is 0.564. The molecular formula is C19H21N3O. The third-order valence-corrected chi connectivity index (χ3v) is 4.85. The van der Waals surface area contributed by atoms with Crippen molar-refractivity contribution in [2.45, 2.75) is 31.4 Å². The summed E-state index contributed by atoms with van der Waals surface area (Å²) in [6.45, 7) is 1.28. The highest BCUT2D eigenvalue weighted by molar-refractivity contribution is 5.81. The molecule has 0 fully saturated rings. The number of aryl methyl sites for hydroxylation is 1. The van der Waals surface area contributed by atoms with E-state index in [0.29, 0.717) is 13.1 Å². The van der Waals surface area contributed by atoms with Crippen LogP contribution in [0, 0.1) is 0 Å². The van der Waals surface area contributed by atoms with Crippen LogP contribution in [-0.4, -0.2) is 21.8 Å². The molecule has 1 unspecified atom stereocenters. The molecule has 0 saturated carbocycles. The average molecular weight is 307 g/mol. The van der Waals surface area contributed by atoms with Crippen LogP contribution >= 0.6 is 0 Å². The minimum Gasteiger partial charge on any atom is -0.384 e. The minimum atomic E-state index is -0.767. The van der Waals surface area contributed by atoms with E-state index >= 15 is 0 Å². The van der Waals surface area contributed by atoms with Gasteiger partial charge in [-0.1, -0.05) is 42.5 Å². The maximum atomic E-state index is 11.1. The number of aliphatic hydroxyl groups is 1. The smallest absolute Gasteiger partial charge is 0.102 e. The van der Waals surface area contributed by atoms with Crippen LogP contribution in [0.5, 0.6) is 0 Å². The van der Waals surface area contributed by atoms with E-state index in [4.69, 9.17) is 0 Å². The Labute approximate surface area is 135 Å². The van der Waals surface area contributed by atoms with Gasteiger partial charge in [-0.3, -0.25) is 5.10 Å². The molecule has 0 bridgehead atoms. The Kier molecular flexibility index (Phi) is 3.63. The van der Waals surface area contributed by atoms with E-state index in [1.54, 1.807) is 0 Å². The summed E-state index contributed by atoms with van der Waals surface area (Å²) < 4.78 is 0. The van der Waals surface area contributed by atoms with Gasteiger partial charge in [0.25, 0.3) is 0 Å². The Bertz CT molecular complexity index is 826. The molecule has 2 aromatic carbocycles. The standard InChI is InChI=1S/C19H21N3O/c23-19(10-4-8-14-5-1-2-9-17(14)19)13-20-11-15-6-3-7-16-12-21-22-18(15)16/h1-3,5-7,9,12,20,23H,4,8,10-11,13H2,(H,21,22). The average Bonchev–Trinajstić information content (AvgIpc) is 3.05. The fraction of sp³-hybridized carbons (Fsp3) is 0.316. The SMILES string of the molecule is OC1(CNCc2cccc3cn[nH]c23)CCCc2ccccc21. The van der Waals surface area contributed by atoms with Crippen molar-refractivity contribution in [1.29, 1.82) is 0 Å². The normalized spacial score (nSPS) is 20.6. The van der Waals surface area contributed by atoms with Crippen molar-refractivity contribution < 1.29 is 5.11 Å². The van der Waals surface area contributed by atoms with E-state index in [1.807, 2.05) is 24.4 Å². The number of benzene rings is 2. The molecule has 1 aliphatic carbocycles. The number of aromatic amines is 1. The first kappa shape index (κ1) is 14.4. The van der Waals surface area contributed by atoms with Crippen molar-refractivity contribution in [2.24, 2.45) is 0 Å². The molecule has 0 spiro atoms. The van der Waals surface area contributed by atoms with Crippen molar-refractivity contribution >= 4 is 10.9 Å². The second-order valence-electron chi connectivity index (χ2n) is 6.40. The fourth-order valence-electron chi connectivity index (χ4n) is 3.66.